The Morgan fingerprint density at radius 2 is 1.75 bits per heavy atom. The molecule has 1 aromatic rings. The molecule has 0 radical (unpaired) electrons. The number of aryl methyl sites for hydroxylation is 1. The Kier molecular flexibility index (Phi) is 3.10. The maximum Gasteiger partial charge on any atom is -0.0182 e. The summed E-state index contributed by atoms with van der Waals surface area (Å²) in [5, 5.41) is 0. The Labute approximate surface area is 100 Å². The molecular formula is C16H24. The van der Waals surface area contributed by atoms with Gasteiger partial charge < -0.3 is 0 Å². The van der Waals surface area contributed by atoms with Gasteiger partial charge in [0.15, 0.2) is 0 Å². The fourth-order valence-corrected chi connectivity index (χ4v) is 3.16. The second kappa shape index (κ2) is 4.24. The van der Waals surface area contributed by atoms with Gasteiger partial charge in [-0.3, -0.25) is 0 Å². The highest BCUT2D eigenvalue weighted by atomic mass is 14.3. The molecule has 0 bridgehead atoms. The molecule has 2 rings (SSSR count). The lowest BCUT2D eigenvalue weighted by atomic mass is 9.83. The number of hydrogen-bond acceptors (Lipinski definition) is 0. The molecule has 0 amide bonds. The molecule has 88 valence electrons. The average molecular weight is 216 g/mol. The summed E-state index contributed by atoms with van der Waals surface area (Å²) in [5.74, 6) is 2.08. The number of hydrogen-bond donors (Lipinski definition) is 0. The minimum Gasteiger partial charge on any atom is -0.0587 e. The van der Waals surface area contributed by atoms with Crippen molar-refractivity contribution in [3.8, 4) is 0 Å². The van der Waals surface area contributed by atoms with Crippen LogP contribution in [0.5, 0.6) is 0 Å². The Bertz CT molecular complexity index is 385. The molecule has 1 aromatic carbocycles. The first-order valence-electron chi connectivity index (χ1n) is 6.68. The van der Waals surface area contributed by atoms with Gasteiger partial charge in [-0.25, -0.2) is 0 Å². The lowest BCUT2D eigenvalue weighted by Crippen LogP contribution is -2.05. The van der Waals surface area contributed by atoms with Crippen molar-refractivity contribution in [1.29, 1.82) is 0 Å². The van der Waals surface area contributed by atoms with E-state index in [1.54, 1.807) is 22.3 Å². The van der Waals surface area contributed by atoms with Crippen LogP contribution in [0.3, 0.4) is 0 Å². The molecule has 0 heterocycles. The predicted molar refractivity (Wildman–Crippen MR) is 71.4 cm³/mol. The first kappa shape index (κ1) is 11.7. The minimum atomic E-state index is 0.649. The number of fused-ring (bicyclic) bond motifs is 1. The van der Waals surface area contributed by atoms with Crippen molar-refractivity contribution in [2.75, 3.05) is 0 Å². The Hall–Kier alpha value is -0.780. The first-order chi connectivity index (χ1) is 7.52. The zero-order chi connectivity index (χ0) is 11.9. The SMILES string of the molecule is CC(C)c1ccc2c(c1C(C)C)C(C)CC2. The molecule has 1 aliphatic carbocycles. The van der Waals surface area contributed by atoms with Crippen LogP contribution in [0.15, 0.2) is 12.1 Å². The fraction of sp³-hybridized carbons (Fsp3) is 0.625. The smallest absolute Gasteiger partial charge is 0.0182 e. The summed E-state index contributed by atoms with van der Waals surface area (Å²) >= 11 is 0. The van der Waals surface area contributed by atoms with Crippen LogP contribution in [0.25, 0.3) is 0 Å². The summed E-state index contributed by atoms with van der Waals surface area (Å²) in [6.07, 6.45) is 2.63. The van der Waals surface area contributed by atoms with Crippen LogP contribution in [-0.4, -0.2) is 0 Å². The van der Waals surface area contributed by atoms with Gasteiger partial charge in [0, 0.05) is 0 Å². The standard InChI is InChI=1S/C16H24/c1-10(2)14-9-8-13-7-6-12(5)16(13)15(14)11(3)4/h8-12H,6-7H2,1-5H3. The van der Waals surface area contributed by atoms with Crippen LogP contribution in [-0.2, 0) is 6.42 Å². The van der Waals surface area contributed by atoms with Crippen LogP contribution >= 0.6 is 0 Å². The van der Waals surface area contributed by atoms with E-state index in [1.807, 2.05) is 0 Å². The van der Waals surface area contributed by atoms with Gasteiger partial charge in [-0.05, 0) is 52.8 Å². The lowest BCUT2D eigenvalue weighted by Gasteiger charge is -2.22. The van der Waals surface area contributed by atoms with Crippen LogP contribution in [0, 0.1) is 0 Å². The second-order valence-corrected chi connectivity index (χ2v) is 5.89. The van der Waals surface area contributed by atoms with E-state index in [2.05, 4.69) is 46.8 Å². The quantitative estimate of drug-likeness (QED) is 0.654. The van der Waals surface area contributed by atoms with Gasteiger partial charge in [-0.2, -0.15) is 0 Å². The highest BCUT2D eigenvalue weighted by Gasteiger charge is 2.25. The molecule has 0 aliphatic heterocycles. The summed E-state index contributed by atoms with van der Waals surface area (Å²) in [7, 11) is 0. The van der Waals surface area contributed by atoms with Gasteiger partial charge >= 0.3 is 0 Å². The summed E-state index contributed by atoms with van der Waals surface area (Å²) in [6, 6.07) is 4.75. The summed E-state index contributed by atoms with van der Waals surface area (Å²) in [6.45, 7) is 11.7. The summed E-state index contributed by atoms with van der Waals surface area (Å²) in [4.78, 5) is 0. The normalized spacial score (nSPS) is 19.6. The molecule has 1 unspecified atom stereocenters. The summed E-state index contributed by atoms with van der Waals surface area (Å²) < 4.78 is 0. The molecule has 0 fully saturated rings. The molecule has 0 spiro atoms. The van der Waals surface area contributed by atoms with Gasteiger partial charge in [-0.15, -0.1) is 0 Å². The maximum absolute atomic E-state index is 2.39. The van der Waals surface area contributed by atoms with E-state index in [0.717, 1.165) is 5.92 Å². The second-order valence-electron chi connectivity index (χ2n) is 5.89. The van der Waals surface area contributed by atoms with Gasteiger partial charge in [0.05, 0.1) is 0 Å². The monoisotopic (exact) mass is 216 g/mol. The van der Waals surface area contributed by atoms with Crippen molar-refractivity contribution in [3.63, 3.8) is 0 Å². The van der Waals surface area contributed by atoms with E-state index >= 15 is 0 Å². The zero-order valence-corrected chi connectivity index (χ0v) is 11.3. The third kappa shape index (κ3) is 1.79. The highest BCUT2D eigenvalue weighted by Crippen LogP contribution is 2.41. The van der Waals surface area contributed by atoms with Crippen LogP contribution < -0.4 is 0 Å². The van der Waals surface area contributed by atoms with E-state index in [-0.39, 0.29) is 0 Å². The minimum absolute atomic E-state index is 0.649. The van der Waals surface area contributed by atoms with Crippen LogP contribution in [0.4, 0.5) is 0 Å². The van der Waals surface area contributed by atoms with Crippen molar-refractivity contribution >= 4 is 0 Å². The summed E-state index contributed by atoms with van der Waals surface area (Å²) in [5.41, 5.74) is 6.52. The van der Waals surface area contributed by atoms with Gasteiger partial charge in [-0.1, -0.05) is 46.8 Å². The van der Waals surface area contributed by atoms with Gasteiger partial charge in [0.25, 0.3) is 0 Å². The third-order valence-corrected chi connectivity index (χ3v) is 3.95. The lowest BCUT2D eigenvalue weighted by molar-refractivity contribution is 0.716. The van der Waals surface area contributed by atoms with Crippen molar-refractivity contribution in [2.45, 2.75) is 65.2 Å². The fourth-order valence-electron chi connectivity index (χ4n) is 3.16. The molecular weight excluding hydrogens is 192 g/mol. The Balaban J connectivity index is 2.63. The van der Waals surface area contributed by atoms with E-state index in [4.69, 9.17) is 0 Å². The largest absolute Gasteiger partial charge is 0.0587 e. The molecule has 16 heavy (non-hydrogen) atoms. The Morgan fingerprint density at radius 1 is 1.06 bits per heavy atom. The van der Waals surface area contributed by atoms with Crippen molar-refractivity contribution < 1.29 is 0 Å². The molecule has 0 saturated carbocycles. The first-order valence-corrected chi connectivity index (χ1v) is 6.68. The van der Waals surface area contributed by atoms with Crippen molar-refractivity contribution in [1.82, 2.24) is 0 Å². The number of benzene rings is 1. The highest BCUT2D eigenvalue weighted by molar-refractivity contribution is 5.48. The van der Waals surface area contributed by atoms with Crippen molar-refractivity contribution in [2.24, 2.45) is 0 Å². The predicted octanol–water partition coefficient (Wildman–Crippen LogP) is 4.98. The zero-order valence-electron chi connectivity index (χ0n) is 11.3. The molecule has 0 saturated heterocycles. The molecule has 1 atom stereocenters. The van der Waals surface area contributed by atoms with Gasteiger partial charge in [0.2, 0.25) is 0 Å². The van der Waals surface area contributed by atoms with Crippen LogP contribution in [0.2, 0.25) is 0 Å². The Morgan fingerprint density at radius 3 is 2.31 bits per heavy atom. The van der Waals surface area contributed by atoms with E-state index in [0.29, 0.717) is 11.8 Å². The molecule has 0 N–H and O–H groups in total. The van der Waals surface area contributed by atoms with E-state index < -0.39 is 0 Å². The number of rotatable bonds is 2. The van der Waals surface area contributed by atoms with E-state index in [1.165, 1.54) is 12.8 Å². The average Bonchev–Trinajstić information content (AvgIpc) is 2.59. The topological polar surface area (TPSA) is 0 Å². The molecule has 0 aromatic heterocycles. The van der Waals surface area contributed by atoms with Gasteiger partial charge in [0.1, 0.15) is 0 Å². The molecule has 0 nitrogen and oxygen atoms in total. The maximum atomic E-state index is 2.39. The molecule has 1 aliphatic rings. The third-order valence-electron chi connectivity index (χ3n) is 3.95. The van der Waals surface area contributed by atoms with Crippen molar-refractivity contribution in [3.05, 3.63) is 34.4 Å². The van der Waals surface area contributed by atoms with E-state index in [9.17, 15) is 0 Å². The molecule has 0 heteroatoms. The van der Waals surface area contributed by atoms with Crippen LogP contribution in [0.1, 0.15) is 81.0 Å².